The number of H-pyrrole nitrogens is 1. The minimum absolute atomic E-state index is 0.429. The van der Waals surface area contributed by atoms with Crippen LogP contribution >= 0.6 is 0 Å². The van der Waals surface area contributed by atoms with Gasteiger partial charge in [0.25, 0.3) is 0 Å². The first-order valence-electron chi connectivity index (χ1n) is 10.9. The summed E-state index contributed by atoms with van der Waals surface area (Å²) in [6.07, 6.45) is 2.18. The van der Waals surface area contributed by atoms with Crippen LogP contribution in [0.25, 0.3) is 22.6 Å². The van der Waals surface area contributed by atoms with Crippen LogP contribution in [-0.2, 0) is 6.54 Å². The van der Waals surface area contributed by atoms with E-state index in [1.807, 2.05) is 37.3 Å². The lowest BCUT2D eigenvalue weighted by molar-refractivity contribution is 0.202. The fourth-order valence-electron chi connectivity index (χ4n) is 4.23. The smallest absolute Gasteiger partial charge is 0.180 e. The molecule has 1 fully saturated rings. The Morgan fingerprint density at radius 2 is 1.81 bits per heavy atom. The van der Waals surface area contributed by atoms with Crippen LogP contribution in [0.3, 0.4) is 0 Å². The van der Waals surface area contributed by atoms with Gasteiger partial charge in [0.15, 0.2) is 5.82 Å². The molecule has 1 N–H and O–H groups in total. The molecule has 1 radical (unpaired) electrons. The van der Waals surface area contributed by atoms with Gasteiger partial charge in [-0.1, -0.05) is 54.6 Å². The average molecular weight is 409 g/mol. The van der Waals surface area contributed by atoms with Crippen LogP contribution in [0.4, 0.5) is 0 Å². The normalized spacial score (nSPS) is 15.3. The van der Waals surface area contributed by atoms with Gasteiger partial charge in [-0.2, -0.15) is 0 Å². The number of hydrogen-bond acceptors (Lipinski definition) is 4. The number of nitrogens with one attached hydrogen (secondary N) is 1. The van der Waals surface area contributed by atoms with Gasteiger partial charge < -0.3 is 4.98 Å². The summed E-state index contributed by atoms with van der Waals surface area (Å²) in [5, 5.41) is 8.76. The molecule has 1 aliphatic heterocycles. The largest absolute Gasteiger partial charge is 0.323 e. The van der Waals surface area contributed by atoms with Crippen LogP contribution in [0.1, 0.15) is 35.8 Å². The Morgan fingerprint density at radius 1 is 0.968 bits per heavy atom. The third kappa shape index (κ3) is 4.57. The van der Waals surface area contributed by atoms with E-state index in [-0.39, 0.29) is 0 Å². The van der Waals surface area contributed by atoms with Crippen molar-refractivity contribution in [3.63, 3.8) is 0 Å². The van der Waals surface area contributed by atoms with Crippen LogP contribution in [0.15, 0.2) is 66.7 Å². The Bertz CT molecular complexity index is 1130. The molecule has 5 nitrogen and oxygen atoms in total. The summed E-state index contributed by atoms with van der Waals surface area (Å²) in [5.74, 6) is 2.18. The number of piperidine rings is 1. The lowest BCUT2D eigenvalue weighted by atomic mass is 9.95. The molecule has 0 bridgehead atoms. The molecule has 5 heteroatoms. The Labute approximate surface area is 183 Å². The fraction of sp³-hybridized carbons (Fsp3) is 0.269. The molecule has 1 aliphatic rings. The number of benzene rings is 2. The summed E-state index contributed by atoms with van der Waals surface area (Å²) >= 11 is 0. The molecule has 0 unspecified atom stereocenters. The van der Waals surface area contributed by atoms with E-state index in [0.29, 0.717) is 5.92 Å². The zero-order valence-electron chi connectivity index (χ0n) is 17.8. The second kappa shape index (κ2) is 8.82. The van der Waals surface area contributed by atoms with Crippen molar-refractivity contribution in [2.24, 2.45) is 0 Å². The number of hydrogen-bond donors (Lipinski definition) is 1. The Kier molecular flexibility index (Phi) is 5.59. The zero-order valence-corrected chi connectivity index (χ0v) is 17.8. The minimum Gasteiger partial charge on any atom is -0.323 e. The Morgan fingerprint density at radius 3 is 2.55 bits per heavy atom. The summed E-state index contributed by atoms with van der Waals surface area (Å²) < 4.78 is 0. The first kappa shape index (κ1) is 19.6. The lowest BCUT2D eigenvalue weighted by Gasteiger charge is -2.30. The van der Waals surface area contributed by atoms with Gasteiger partial charge in [-0.25, -0.2) is 4.98 Å². The van der Waals surface area contributed by atoms with Crippen molar-refractivity contribution in [2.75, 3.05) is 13.1 Å². The molecule has 3 heterocycles. The van der Waals surface area contributed by atoms with Crippen molar-refractivity contribution >= 4 is 0 Å². The van der Waals surface area contributed by atoms with Gasteiger partial charge in [-0.3, -0.25) is 4.90 Å². The monoisotopic (exact) mass is 408 g/mol. The zero-order chi connectivity index (χ0) is 21.0. The third-order valence-corrected chi connectivity index (χ3v) is 5.99. The molecule has 155 valence electrons. The molecule has 4 aromatic rings. The van der Waals surface area contributed by atoms with Gasteiger partial charge in [-0.15, -0.1) is 10.2 Å². The summed E-state index contributed by atoms with van der Waals surface area (Å²) in [7, 11) is 0. The van der Waals surface area contributed by atoms with E-state index in [2.05, 4.69) is 67.5 Å². The summed E-state index contributed by atoms with van der Waals surface area (Å²) in [6, 6.07) is 26.2. The van der Waals surface area contributed by atoms with Gasteiger partial charge in [0.2, 0.25) is 0 Å². The maximum Gasteiger partial charge on any atom is 0.180 e. The highest BCUT2D eigenvalue weighted by Crippen LogP contribution is 2.28. The van der Waals surface area contributed by atoms with E-state index in [0.717, 1.165) is 61.1 Å². The number of nitrogens with zero attached hydrogens (tertiary/aromatic N) is 4. The second-order valence-corrected chi connectivity index (χ2v) is 8.25. The summed E-state index contributed by atoms with van der Waals surface area (Å²) in [6.45, 7) is 5.11. The first-order valence-corrected chi connectivity index (χ1v) is 10.9. The SMILES string of the molecule is Cc1cccc(-c2nnc(C3CCN(Cc4ccc(-c5[c]cccc5)cc4)CC3)[nH]2)n1. The van der Waals surface area contributed by atoms with E-state index in [4.69, 9.17) is 0 Å². The van der Waals surface area contributed by atoms with E-state index >= 15 is 0 Å². The molecule has 2 aromatic heterocycles. The molecule has 0 saturated carbocycles. The predicted molar refractivity (Wildman–Crippen MR) is 122 cm³/mol. The fourth-order valence-corrected chi connectivity index (χ4v) is 4.23. The lowest BCUT2D eigenvalue weighted by Crippen LogP contribution is -2.32. The van der Waals surface area contributed by atoms with Crippen LogP contribution in [0.5, 0.6) is 0 Å². The molecule has 0 spiro atoms. The van der Waals surface area contributed by atoms with Gasteiger partial charge in [0.1, 0.15) is 11.5 Å². The van der Waals surface area contributed by atoms with Crippen molar-refractivity contribution in [1.29, 1.82) is 0 Å². The van der Waals surface area contributed by atoms with Crippen molar-refractivity contribution in [3.8, 4) is 22.6 Å². The average Bonchev–Trinajstić information content (AvgIpc) is 3.31. The number of aromatic nitrogens is 4. The molecule has 0 amide bonds. The molecule has 2 aromatic carbocycles. The number of rotatable bonds is 5. The first-order chi connectivity index (χ1) is 15.2. The van der Waals surface area contributed by atoms with E-state index < -0.39 is 0 Å². The molecule has 0 aliphatic carbocycles. The van der Waals surface area contributed by atoms with Gasteiger partial charge in [0.05, 0.1) is 0 Å². The van der Waals surface area contributed by atoms with E-state index in [1.165, 1.54) is 11.1 Å². The quantitative estimate of drug-likeness (QED) is 0.504. The highest BCUT2D eigenvalue weighted by molar-refractivity contribution is 5.62. The minimum atomic E-state index is 0.429. The number of aryl methyl sites for hydroxylation is 1. The molecule has 0 atom stereocenters. The Balaban J connectivity index is 1.18. The van der Waals surface area contributed by atoms with Crippen LogP contribution in [-0.4, -0.2) is 38.2 Å². The number of likely N-dealkylation sites (tertiary alicyclic amines) is 1. The van der Waals surface area contributed by atoms with E-state index in [1.54, 1.807) is 0 Å². The maximum absolute atomic E-state index is 4.54. The van der Waals surface area contributed by atoms with Crippen molar-refractivity contribution in [3.05, 3.63) is 89.9 Å². The standard InChI is InChI=1S/C26H26N5/c1-19-6-5-9-24(27-19)26-28-25(29-30-26)23-14-16-31(17-15-23)18-20-10-12-22(13-11-20)21-7-3-2-4-8-21/h2-7,9-13,23H,14-18H2,1H3,(H,28,29,30). The summed E-state index contributed by atoms with van der Waals surface area (Å²) in [4.78, 5) is 10.5. The van der Waals surface area contributed by atoms with Gasteiger partial charge >= 0.3 is 0 Å². The molecule has 5 rings (SSSR count). The van der Waals surface area contributed by atoms with Crippen molar-refractivity contribution in [1.82, 2.24) is 25.1 Å². The Hall–Kier alpha value is -3.31. The van der Waals surface area contributed by atoms with Gasteiger partial charge in [0, 0.05) is 18.2 Å². The topological polar surface area (TPSA) is 57.7 Å². The second-order valence-electron chi connectivity index (χ2n) is 8.25. The molecule has 31 heavy (non-hydrogen) atoms. The maximum atomic E-state index is 4.54. The number of pyridine rings is 1. The highest BCUT2D eigenvalue weighted by atomic mass is 15.2. The molecular formula is C26H26N5. The number of aromatic amines is 1. The van der Waals surface area contributed by atoms with E-state index in [9.17, 15) is 0 Å². The van der Waals surface area contributed by atoms with Crippen molar-refractivity contribution < 1.29 is 0 Å². The van der Waals surface area contributed by atoms with Crippen LogP contribution in [0, 0.1) is 13.0 Å². The van der Waals surface area contributed by atoms with Crippen molar-refractivity contribution in [2.45, 2.75) is 32.2 Å². The summed E-state index contributed by atoms with van der Waals surface area (Å²) in [5.41, 5.74) is 5.55. The van der Waals surface area contributed by atoms with Crippen LogP contribution in [0.2, 0.25) is 0 Å². The van der Waals surface area contributed by atoms with Gasteiger partial charge in [-0.05, 0) is 67.7 Å². The molecular weight excluding hydrogens is 382 g/mol. The molecule has 1 saturated heterocycles. The highest BCUT2D eigenvalue weighted by Gasteiger charge is 2.23. The predicted octanol–water partition coefficient (Wildman–Crippen LogP) is 5.02. The third-order valence-electron chi connectivity index (χ3n) is 5.99. The van der Waals surface area contributed by atoms with Crippen LogP contribution < -0.4 is 0 Å².